The monoisotopic (exact) mass is 148 g/mol. The van der Waals surface area contributed by atoms with E-state index in [1.165, 1.54) is 0 Å². The molecule has 0 unspecified atom stereocenters. The molecule has 0 fully saturated rings. The molecule has 0 spiro atoms. The third-order valence-corrected chi connectivity index (χ3v) is 1.35. The van der Waals surface area contributed by atoms with E-state index in [1.807, 2.05) is 0 Å². The maximum atomic E-state index is 8.88. The molecule has 1 atom stereocenters. The van der Waals surface area contributed by atoms with Crippen LogP contribution in [0.5, 0.6) is 0 Å². The van der Waals surface area contributed by atoms with Gasteiger partial charge in [0.05, 0.1) is 6.10 Å². The van der Waals surface area contributed by atoms with Crippen LogP contribution in [0, 0.1) is 0 Å². The predicted molar refractivity (Wildman–Crippen MR) is 38.7 cm³/mol. The third kappa shape index (κ3) is 4.73. The van der Waals surface area contributed by atoms with Crippen molar-refractivity contribution >= 4 is 0 Å². The van der Waals surface area contributed by atoms with Gasteiger partial charge >= 0.3 is 0 Å². The van der Waals surface area contributed by atoms with Gasteiger partial charge in [0.15, 0.2) is 6.29 Å². The van der Waals surface area contributed by atoms with Crippen molar-refractivity contribution in [3.8, 4) is 0 Å². The fourth-order valence-corrected chi connectivity index (χ4v) is 0.709. The summed E-state index contributed by atoms with van der Waals surface area (Å²) < 4.78 is 9.83. The second-order valence-electron chi connectivity index (χ2n) is 2.33. The van der Waals surface area contributed by atoms with Crippen LogP contribution < -0.4 is 0 Å². The minimum Gasteiger partial charge on any atom is -0.393 e. The number of hydrogen-bond donors (Lipinski definition) is 1. The molecule has 3 nitrogen and oxygen atoms in total. The molecule has 0 aromatic heterocycles. The number of aliphatic hydroxyl groups is 1. The van der Waals surface area contributed by atoms with Gasteiger partial charge in [0.2, 0.25) is 0 Å². The summed E-state index contributed by atoms with van der Waals surface area (Å²) in [7, 11) is 3.19. The van der Waals surface area contributed by atoms with Crippen molar-refractivity contribution in [3.05, 3.63) is 0 Å². The van der Waals surface area contributed by atoms with Gasteiger partial charge in [-0.15, -0.1) is 0 Å². The quantitative estimate of drug-likeness (QED) is 0.585. The van der Waals surface area contributed by atoms with Crippen LogP contribution >= 0.6 is 0 Å². The van der Waals surface area contributed by atoms with Gasteiger partial charge in [-0.05, 0) is 13.3 Å². The lowest BCUT2D eigenvalue weighted by atomic mass is 10.2. The Morgan fingerprint density at radius 1 is 1.20 bits per heavy atom. The number of rotatable bonds is 5. The Balaban J connectivity index is 3.26. The van der Waals surface area contributed by atoms with Gasteiger partial charge in [-0.1, -0.05) is 0 Å². The van der Waals surface area contributed by atoms with Crippen molar-refractivity contribution in [2.75, 3.05) is 14.2 Å². The number of hydrogen-bond acceptors (Lipinski definition) is 3. The van der Waals surface area contributed by atoms with Crippen LogP contribution in [-0.2, 0) is 9.47 Å². The van der Waals surface area contributed by atoms with Gasteiger partial charge in [0.25, 0.3) is 0 Å². The first-order valence-corrected chi connectivity index (χ1v) is 3.44. The van der Waals surface area contributed by atoms with Crippen LogP contribution in [0.1, 0.15) is 19.8 Å². The average molecular weight is 148 g/mol. The molecule has 0 aromatic carbocycles. The minimum atomic E-state index is -0.271. The molecule has 1 N–H and O–H groups in total. The number of ether oxygens (including phenoxy) is 2. The van der Waals surface area contributed by atoms with Gasteiger partial charge in [-0.2, -0.15) is 0 Å². The first-order chi connectivity index (χ1) is 4.70. The van der Waals surface area contributed by atoms with E-state index in [2.05, 4.69) is 0 Å². The van der Waals surface area contributed by atoms with Crippen molar-refractivity contribution in [1.29, 1.82) is 0 Å². The Morgan fingerprint density at radius 3 is 2.00 bits per heavy atom. The summed E-state index contributed by atoms with van der Waals surface area (Å²) in [6.07, 6.45) is 1.01. The normalized spacial score (nSPS) is 14.1. The van der Waals surface area contributed by atoms with Crippen LogP contribution in [0.3, 0.4) is 0 Å². The van der Waals surface area contributed by atoms with Crippen LogP contribution in [0.25, 0.3) is 0 Å². The summed E-state index contributed by atoms with van der Waals surface area (Å²) >= 11 is 0. The topological polar surface area (TPSA) is 38.7 Å². The fourth-order valence-electron chi connectivity index (χ4n) is 0.709. The molecule has 3 heteroatoms. The Hall–Kier alpha value is -0.120. The minimum absolute atomic E-state index is 0.172. The molecule has 0 aliphatic rings. The standard InChI is InChI=1S/C7H16O3/c1-6(8)4-5-7(9-2)10-3/h6-8H,4-5H2,1-3H3/t6-/m0/s1. The van der Waals surface area contributed by atoms with Gasteiger partial charge < -0.3 is 14.6 Å². The second kappa shape index (κ2) is 5.65. The fraction of sp³-hybridized carbons (Fsp3) is 1.00. The molecular weight excluding hydrogens is 132 g/mol. The number of aliphatic hydroxyl groups excluding tert-OH is 1. The lowest BCUT2D eigenvalue weighted by Gasteiger charge is -2.13. The SMILES string of the molecule is COC(CC[C@H](C)O)OC. The summed E-state index contributed by atoms with van der Waals surface area (Å²) in [6, 6.07) is 0. The second-order valence-corrected chi connectivity index (χ2v) is 2.33. The third-order valence-electron chi connectivity index (χ3n) is 1.35. The lowest BCUT2D eigenvalue weighted by Crippen LogP contribution is -2.15. The zero-order valence-electron chi connectivity index (χ0n) is 6.83. The molecule has 0 aliphatic carbocycles. The first kappa shape index (κ1) is 9.88. The Bertz CT molecular complexity index is 69.3. The summed E-state index contributed by atoms with van der Waals surface area (Å²) in [5, 5.41) is 8.88. The maximum absolute atomic E-state index is 8.88. The summed E-state index contributed by atoms with van der Waals surface area (Å²) in [5.41, 5.74) is 0. The predicted octanol–water partition coefficient (Wildman–Crippen LogP) is 0.766. The Kier molecular flexibility index (Phi) is 5.58. The molecule has 0 bridgehead atoms. The van der Waals surface area contributed by atoms with E-state index in [9.17, 15) is 0 Å². The molecule has 10 heavy (non-hydrogen) atoms. The van der Waals surface area contributed by atoms with Gasteiger partial charge in [0, 0.05) is 20.6 Å². The molecule has 0 saturated heterocycles. The van der Waals surface area contributed by atoms with E-state index in [4.69, 9.17) is 14.6 Å². The molecule has 0 amide bonds. The van der Waals surface area contributed by atoms with E-state index in [1.54, 1.807) is 21.1 Å². The van der Waals surface area contributed by atoms with E-state index in [0.29, 0.717) is 6.42 Å². The van der Waals surface area contributed by atoms with E-state index in [-0.39, 0.29) is 12.4 Å². The zero-order chi connectivity index (χ0) is 7.98. The van der Waals surface area contributed by atoms with E-state index >= 15 is 0 Å². The van der Waals surface area contributed by atoms with Crippen LogP contribution in [0.2, 0.25) is 0 Å². The molecule has 0 rings (SSSR count). The van der Waals surface area contributed by atoms with Gasteiger partial charge in [-0.3, -0.25) is 0 Å². The largest absolute Gasteiger partial charge is 0.393 e. The van der Waals surface area contributed by atoms with Crippen LogP contribution in [0.15, 0.2) is 0 Å². The average Bonchev–Trinajstić information content (AvgIpc) is 1.90. The van der Waals surface area contributed by atoms with E-state index < -0.39 is 0 Å². The Labute approximate surface area is 62.0 Å². The lowest BCUT2D eigenvalue weighted by molar-refractivity contribution is -0.110. The van der Waals surface area contributed by atoms with Crippen LogP contribution in [-0.4, -0.2) is 31.7 Å². The van der Waals surface area contributed by atoms with Crippen LogP contribution in [0.4, 0.5) is 0 Å². The molecule has 0 heterocycles. The smallest absolute Gasteiger partial charge is 0.156 e. The first-order valence-electron chi connectivity index (χ1n) is 3.44. The molecule has 62 valence electrons. The molecule has 0 aliphatic heterocycles. The van der Waals surface area contributed by atoms with Crippen molar-refractivity contribution in [1.82, 2.24) is 0 Å². The van der Waals surface area contributed by atoms with Crippen molar-refractivity contribution in [2.45, 2.75) is 32.2 Å². The molecule has 0 radical (unpaired) electrons. The highest BCUT2D eigenvalue weighted by atomic mass is 16.7. The maximum Gasteiger partial charge on any atom is 0.156 e. The number of methoxy groups -OCH3 is 2. The summed E-state index contributed by atoms with van der Waals surface area (Å²) in [5.74, 6) is 0. The summed E-state index contributed by atoms with van der Waals surface area (Å²) in [6.45, 7) is 1.75. The van der Waals surface area contributed by atoms with E-state index in [0.717, 1.165) is 6.42 Å². The molecular formula is C7H16O3. The van der Waals surface area contributed by atoms with Crippen molar-refractivity contribution in [2.24, 2.45) is 0 Å². The Morgan fingerprint density at radius 2 is 1.70 bits per heavy atom. The van der Waals surface area contributed by atoms with Gasteiger partial charge in [-0.25, -0.2) is 0 Å². The highest BCUT2D eigenvalue weighted by Gasteiger charge is 2.05. The van der Waals surface area contributed by atoms with Gasteiger partial charge in [0.1, 0.15) is 0 Å². The highest BCUT2D eigenvalue weighted by molar-refractivity contribution is 4.49. The zero-order valence-corrected chi connectivity index (χ0v) is 6.83. The molecule has 0 saturated carbocycles. The highest BCUT2D eigenvalue weighted by Crippen LogP contribution is 2.04. The van der Waals surface area contributed by atoms with Crippen molar-refractivity contribution in [3.63, 3.8) is 0 Å². The summed E-state index contributed by atoms with van der Waals surface area (Å²) in [4.78, 5) is 0. The molecule has 0 aromatic rings. The van der Waals surface area contributed by atoms with Crippen molar-refractivity contribution < 1.29 is 14.6 Å².